The molecule has 218 valence electrons. The van der Waals surface area contributed by atoms with E-state index in [1.165, 1.54) is 0 Å². The first kappa shape index (κ1) is 32.5. The predicted molar refractivity (Wildman–Crippen MR) is 166 cm³/mol. The van der Waals surface area contributed by atoms with Crippen molar-refractivity contribution >= 4 is 40.2 Å². The number of carbonyl (C=O) groups is 2. The first-order chi connectivity index (χ1) is 20.0. The van der Waals surface area contributed by atoms with E-state index in [-0.39, 0.29) is 35.9 Å². The van der Waals surface area contributed by atoms with Crippen molar-refractivity contribution in [2.45, 2.75) is 34.2 Å². The number of hydrogen-bond acceptors (Lipinski definition) is 5. The summed E-state index contributed by atoms with van der Waals surface area (Å²) in [5, 5.41) is 0.996. The number of allylic oxidation sites excluding steroid dienone is 8. The normalized spacial score (nSPS) is 13.7. The fraction of sp³-hybridized carbons (Fsp3) is 0.229. The van der Waals surface area contributed by atoms with Gasteiger partial charge in [0.25, 0.3) is 0 Å². The van der Waals surface area contributed by atoms with Crippen molar-refractivity contribution < 1.29 is 47.6 Å². The molecule has 2 heterocycles. The third-order valence-electron chi connectivity index (χ3n) is 6.80. The summed E-state index contributed by atoms with van der Waals surface area (Å²) in [5.41, 5.74) is 6.25. The molecular formula is C35H37IN2O4. The molecule has 6 nitrogen and oxygen atoms in total. The number of halogens is 1. The highest BCUT2D eigenvalue weighted by Gasteiger charge is 2.18. The van der Waals surface area contributed by atoms with Crippen molar-refractivity contribution in [3.05, 3.63) is 120 Å². The van der Waals surface area contributed by atoms with Gasteiger partial charge >= 0.3 is 11.9 Å². The predicted octanol–water partition coefficient (Wildman–Crippen LogP) is 4.07. The van der Waals surface area contributed by atoms with Gasteiger partial charge in [0.1, 0.15) is 6.54 Å². The maximum Gasteiger partial charge on any atom is 0.338 e. The Bertz CT molecular complexity index is 1580. The Kier molecular flexibility index (Phi) is 12.3. The number of benzene rings is 2. The van der Waals surface area contributed by atoms with Crippen LogP contribution in [-0.4, -0.2) is 31.7 Å². The van der Waals surface area contributed by atoms with Crippen LogP contribution in [0.4, 0.5) is 5.69 Å². The van der Waals surface area contributed by atoms with E-state index in [0.717, 1.165) is 46.4 Å². The molecule has 2 aromatic carbocycles. The molecule has 3 aromatic rings. The molecular weight excluding hydrogens is 639 g/mol. The number of esters is 2. The fourth-order valence-corrected chi connectivity index (χ4v) is 4.75. The summed E-state index contributed by atoms with van der Waals surface area (Å²) < 4.78 is 12.5. The zero-order chi connectivity index (χ0) is 29.2. The smallest absolute Gasteiger partial charge is 0.338 e. The molecule has 0 aliphatic carbocycles. The van der Waals surface area contributed by atoms with Crippen LogP contribution in [0.3, 0.4) is 0 Å². The minimum Gasteiger partial charge on any atom is -1.00 e. The van der Waals surface area contributed by atoms with Crippen LogP contribution >= 0.6 is 0 Å². The van der Waals surface area contributed by atoms with Crippen LogP contribution in [0.2, 0.25) is 0 Å². The van der Waals surface area contributed by atoms with Gasteiger partial charge in [-0.2, -0.15) is 4.57 Å². The quantitative estimate of drug-likeness (QED) is 0.140. The number of anilines is 1. The number of pyridine rings is 1. The zero-order valence-electron chi connectivity index (χ0n) is 24.5. The molecule has 1 aliphatic rings. The molecule has 0 saturated heterocycles. The van der Waals surface area contributed by atoms with Gasteiger partial charge in [0.05, 0.1) is 29.7 Å². The third kappa shape index (κ3) is 7.64. The number of aryl methyl sites for hydroxylation is 1. The van der Waals surface area contributed by atoms with Crippen molar-refractivity contribution in [3.63, 3.8) is 0 Å². The first-order valence-electron chi connectivity index (χ1n) is 14.1. The maximum atomic E-state index is 12.3. The van der Waals surface area contributed by atoms with Gasteiger partial charge in [-0.25, -0.2) is 9.59 Å². The van der Waals surface area contributed by atoms with E-state index in [1.54, 1.807) is 0 Å². The average Bonchev–Trinajstić information content (AvgIpc) is 3.00. The standard InChI is InChI=1S/C35H37N2O4.HI/c1-5-36-22-20-26(30-24-28(16-18-32(30)36)34(38)40-7-3)14-12-10-9-11-13-15-27-21-23-37(6-2)33-19-17-29(25-31(27)33)35(39)41-8-4;/h9-25H,5-8H2,1-4H3;1H/q+1;/p-1. The summed E-state index contributed by atoms with van der Waals surface area (Å²) in [6, 6.07) is 13.4. The molecule has 0 bridgehead atoms. The van der Waals surface area contributed by atoms with Crippen molar-refractivity contribution in [3.8, 4) is 0 Å². The second kappa shape index (κ2) is 15.9. The highest BCUT2D eigenvalue weighted by atomic mass is 127. The number of aromatic nitrogens is 1. The van der Waals surface area contributed by atoms with E-state index in [9.17, 15) is 9.59 Å². The van der Waals surface area contributed by atoms with Crippen molar-refractivity contribution in [2.24, 2.45) is 0 Å². The number of hydrogen-bond donors (Lipinski definition) is 0. The number of nitrogens with zero attached hydrogens (tertiary/aromatic N) is 2. The van der Waals surface area contributed by atoms with Crippen molar-refractivity contribution in [1.82, 2.24) is 0 Å². The van der Waals surface area contributed by atoms with Gasteiger partial charge < -0.3 is 38.4 Å². The maximum absolute atomic E-state index is 12.3. The Morgan fingerprint density at radius 3 is 2.19 bits per heavy atom. The topological polar surface area (TPSA) is 59.7 Å². The fourth-order valence-electron chi connectivity index (χ4n) is 4.75. The van der Waals surface area contributed by atoms with Gasteiger partial charge in [0.15, 0.2) is 6.20 Å². The third-order valence-corrected chi connectivity index (χ3v) is 6.80. The highest BCUT2D eigenvalue weighted by molar-refractivity contribution is 5.96. The van der Waals surface area contributed by atoms with Crippen LogP contribution in [0.15, 0.2) is 97.4 Å². The number of rotatable bonds is 10. The summed E-state index contributed by atoms with van der Waals surface area (Å²) in [5.74, 6) is -0.629. The summed E-state index contributed by atoms with van der Waals surface area (Å²) in [6.07, 6.45) is 20.1. The van der Waals surface area contributed by atoms with Crippen LogP contribution in [-0.2, 0) is 16.0 Å². The first-order valence-corrected chi connectivity index (χ1v) is 14.1. The molecule has 4 rings (SSSR count). The van der Waals surface area contributed by atoms with Gasteiger partial charge in [-0.15, -0.1) is 0 Å². The molecule has 0 amide bonds. The summed E-state index contributed by atoms with van der Waals surface area (Å²) >= 11 is 0. The molecule has 42 heavy (non-hydrogen) atoms. The van der Waals surface area contributed by atoms with Crippen molar-refractivity contribution in [1.29, 1.82) is 0 Å². The monoisotopic (exact) mass is 676 g/mol. The Balaban J connectivity index is 0.00000484. The van der Waals surface area contributed by atoms with Gasteiger partial charge in [-0.1, -0.05) is 42.5 Å². The summed E-state index contributed by atoms with van der Waals surface area (Å²) in [4.78, 5) is 26.8. The molecule has 0 radical (unpaired) electrons. The van der Waals surface area contributed by atoms with Gasteiger partial charge in [-0.05, 0) is 75.2 Å². The van der Waals surface area contributed by atoms with E-state index in [1.807, 2.05) is 92.8 Å². The van der Waals surface area contributed by atoms with Crippen LogP contribution in [0.5, 0.6) is 0 Å². The van der Waals surface area contributed by atoms with E-state index >= 15 is 0 Å². The lowest BCUT2D eigenvalue weighted by Crippen LogP contribution is -3.00. The molecule has 0 atom stereocenters. The van der Waals surface area contributed by atoms with Crippen LogP contribution < -0.4 is 33.4 Å². The molecule has 1 aromatic heterocycles. The zero-order valence-corrected chi connectivity index (χ0v) is 26.7. The molecule has 0 spiro atoms. The lowest BCUT2D eigenvalue weighted by atomic mass is 9.97. The van der Waals surface area contributed by atoms with Crippen LogP contribution in [0, 0.1) is 0 Å². The Hall–Kier alpha value is -3.98. The minimum absolute atomic E-state index is 0. The van der Waals surface area contributed by atoms with Gasteiger partial charge in [-0.3, -0.25) is 0 Å². The molecule has 7 heteroatoms. The summed E-state index contributed by atoms with van der Waals surface area (Å²) in [7, 11) is 0. The Labute approximate surface area is 265 Å². The SMILES string of the molecule is CCOC(=O)c1ccc2c(c1)/C(=C/C=C/C=C/C=C/c1cc[n+](CC)c3ccc(C(=O)OCC)cc13)C=CN2CC.[I-]. The van der Waals surface area contributed by atoms with Gasteiger partial charge in [0, 0.05) is 36.1 Å². The second-order valence-electron chi connectivity index (χ2n) is 9.31. The van der Waals surface area contributed by atoms with E-state index < -0.39 is 0 Å². The Morgan fingerprint density at radius 2 is 1.50 bits per heavy atom. The largest absolute Gasteiger partial charge is 1.00 e. The minimum atomic E-state index is -0.315. The van der Waals surface area contributed by atoms with E-state index in [4.69, 9.17) is 9.47 Å². The lowest BCUT2D eigenvalue weighted by molar-refractivity contribution is -0.667. The number of fused-ring (bicyclic) bond motifs is 2. The average molecular weight is 677 g/mol. The van der Waals surface area contributed by atoms with E-state index in [2.05, 4.69) is 47.9 Å². The molecule has 0 N–H and O–H groups in total. The molecule has 0 unspecified atom stereocenters. The van der Waals surface area contributed by atoms with E-state index in [0.29, 0.717) is 24.3 Å². The molecule has 0 saturated carbocycles. The second-order valence-corrected chi connectivity index (χ2v) is 9.31. The molecule has 1 aliphatic heterocycles. The Morgan fingerprint density at radius 1 is 0.833 bits per heavy atom. The summed E-state index contributed by atoms with van der Waals surface area (Å²) in [6.45, 7) is 10.2. The number of carbonyl (C=O) groups excluding carboxylic acids is 2. The van der Waals surface area contributed by atoms with Crippen molar-refractivity contribution in [2.75, 3.05) is 24.7 Å². The highest BCUT2D eigenvalue weighted by Crippen LogP contribution is 2.33. The van der Waals surface area contributed by atoms with Crippen LogP contribution in [0.1, 0.15) is 59.5 Å². The van der Waals surface area contributed by atoms with Gasteiger partial charge in [0.2, 0.25) is 5.52 Å². The number of ether oxygens (including phenoxy) is 2. The van der Waals surface area contributed by atoms with Crippen LogP contribution in [0.25, 0.3) is 22.6 Å². The molecule has 0 fully saturated rings. The lowest BCUT2D eigenvalue weighted by Gasteiger charge is -2.26.